The molecule has 5 heteroatoms. The summed E-state index contributed by atoms with van der Waals surface area (Å²) in [5.74, 6) is 0.849. The summed E-state index contributed by atoms with van der Waals surface area (Å²) in [6, 6.07) is 29.0. The number of ether oxygens (including phenoxy) is 1. The van der Waals surface area contributed by atoms with Crippen molar-refractivity contribution in [2.45, 2.75) is 19.4 Å². The monoisotopic (exact) mass is 448 g/mol. The smallest absolute Gasteiger partial charge is 0.269 e. The van der Waals surface area contributed by atoms with Crippen LogP contribution in [0.4, 0.5) is 17.1 Å². The van der Waals surface area contributed by atoms with Crippen LogP contribution in [0.1, 0.15) is 27.8 Å². The highest BCUT2D eigenvalue weighted by Gasteiger charge is 2.38. The number of hydrogen-bond acceptors (Lipinski definition) is 4. The Morgan fingerprint density at radius 1 is 0.853 bits per heavy atom. The second kappa shape index (κ2) is 8.52. The normalized spacial score (nSPS) is 13.6. The topological polar surface area (TPSA) is 64.4 Å². The van der Waals surface area contributed by atoms with Gasteiger partial charge in [0.15, 0.2) is 5.60 Å². The third-order valence-electron chi connectivity index (χ3n) is 6.28. The number of hydrogen-bond donors (Lipinski definition) is 1. The fourth-order valence-corrected chi connectivity index (χ4v) is 4.45. The molecule has 4 aromatic carbocycles. The fraction of sp³-hybridized carbons (Fsp3) is 0.103. The minimum Gasteiger partial charge on any atom is -0.473 e. The zero-order valence-electron chi connectivity index (χ0n) is 19.0. The molecule has 0 amide bonds. The van der Waals surface area contributed by atoms with Crippen LogP contribution in [0.5, 0.6) is 5.75 Å². The summed E-state index contributed by atoms with van der Waals surface area (Å²) < 4.78 is 6.86. The Morgan fingerprint density at radius 2 is 1.44 bits per heavy atom. The lowest BCUT2D eigenvalue weighted by molar-refractivity contribution is -0.384. The van der Waals surface area contributed by atoms with Crippen molar-refractivity contribution in [3.05, 3.63) is 135 Å². The zero-order valence-corrected chi connectivity index (χ0v) is 19.0. The molecule has 4 aromatic rings. The Hall–Kier alpha value is -4.38. The van der Waals surface area contributed by atoms with Crippen LogP contribution in [-0.4, -0.2) is 4.92 Å². The van der Waals surface area contributed by atoms with Crippen LogP contribution in [0, 0.1) is 24.0 Å². The number of nitrogens with one attached hydrogen (secondary N) is 1. The Kier molecular flexibility index (Phi) is 5.38. The minimum absolute atomic E-state index is 0.0680. The lowest BCUT2D eigenvalue weighted by atomic mass is 9.83. The van der Waals surface area contributed by atoms with Crippen LogP contribution in [0.25, 0.3) is 6.08 Å². The van der Waals surface area contributed by atoms with Crippen molar-refractivity contribution in [1.82, 2.24) is 0 Å². The molecule has 0 fully saturated rings. The van der Waals surface area contributed by atoms with Gasteiger partial charge in [0.25, 0.3) is 5.69 Å². The number of nitro groups is 1. The highest BCUT2D eigenvalue weighted by Crippen LogP contribution is 2.46. The minimum atomic E-state index is -0.722. The van der Waals surface area contributed by atoms with Gasteiger partial charge in [-0.25, -0.2) is 0 Å². The van der Waals surface area contributed by atoms with Gasteiger partial charge in [-0.1, -0.05) is 66.7 Å². The summed E-state index contributed by atoms with van der Waals surface area (Å²) in [4.78, 5) is 10.6. The predicted molar refractivity (Wildman–Crippen MR) is 136 cm³/mol. The van der Waals surface area contributed by atoms with E-state index in [1.165, 1.54) is 12.1 Å². The second-order valence-electron chi connectivity index (χ2n) is 8.44. The number of nitro benzene ring substituents is 1. The highest BCUT2D eigenvalue weighted by atomic mass is 16.6. The maximum absolute atomic E-state index is 11.0. The number of aryl methyl sites for hydroxylation is 1. The molecule has 34 heavy (non-hydrogen) atoms. The first-order valence-corrected chi connectivity index (χ1v) is 11.1. The van der Waals surface area contributed by atoms with Crippen molar-refractivity contribution < 1.29 is 9.66 Å². The maximum Gasteiger partial charge on any atom is 0.269 e. The van der Waals surface area contributed by atoms with Crippen molar-refractivity contribution in [3.63, 3.8) is 0 Å². The van der Waals surface area contributed by atoms with E-state index in [0.29, 0.717) is 0 Å². The van der Waals surface area contributed by atoms with Gasteiger partial charge in [0.2, 0.25) is 0 Å². The van der Waals surface area contributed by atoms with E-state index in [9.17, 15) is 10.1 Å². The molecule has 0 spiro atoms. The first kappa shape index (κ1) is 21.5. The molecule has 0 aromatic heterocycles. The number of benzene rings is 4. The molecule has 168 valence electrons. The first-order chi connectivity index (χ1) is 16.5. The van der Waals surface area contributed by atoms with E-state index in [1.54, 1.807) is 12.1 Å². The Bertz CT molecular complexity index is 1340. The third-order valence-corrected chi connectivity index (χ3v) is 6.28. The summed E-state index contributed by atoms with van der Waals surface area (Å²) in [5, 5.41) is 14.4. The molecule has 5 rings (SSSR count). The van der Waals surface area contributed by atoms with Crippen LogP contribution in [0.3, 0.4) is 0 Å². The molecule has 0 bridgehead atoms. The van der Waals surface area contributed by atoms with Crippen molar-refractivity contribution in [2.75, 3.05) is 5.32 Å². The van der Waals surface area contributed by atoms with E-state index in [0.717, 1.165) is 44.9 Å². The maximum atomic E-state index is 11.0. The Labute approximate surface area is 198 Å². The van der Waals surface area contributed by atoms with Crippen LogP contribution in [0.15, 0.2) is 97.1 Å². The number of fused-ring (bicyclic) bond motifs is 1. The average Bonchev–Trinajstić information content (AvgIpc) is 2.88. The molecular weight excluding hydrogens is 424 g/mol. The molecular formula is C29H24N2O3. The average molecular weight is 449 g/mol. The van der Waals surface area contributed by atoms with Crippen LogP contribution in [0.2, 0.25) is 0 Å². The highest BCUT2D eigenvalue weighted by molar-refractivity contribution is 5.77. The fourth-order valence-electron chi connectivity index (χ4n) is 4.45. The number of nitrogens with zero attached hydrogens (tertiary/aromatic N) is 1. The van der Waals surface area contributed by atoms with E-state index in [2.05, 4.69) is 54.7 Å². The summed E-state index contributed by atoms with van der Waals surface area (Å²) >= 11 is 0. The standard InChI is InChI=1S/C29H24N2O3/c1-20-19-27(30-24-13-15-25(16-14-24)31(32)33)21(2)26-17-18-29(34-28(20)26,22-9-5-3-6-10-22)23-11-7-4-8-12-23/h3-19,30H,1-2H3. The summed E-state index contributed by atoms with van der Waals surface area (Å²) in [6.07, 6.45) is 4.27. The van der Waals surface area contributed by atoms with Crippen molar-refractivity contribution >= 4 is 23.1 Å². The molecule has 1 aliphatic heterocycles. The van der Waals surface area contributed by atoms with E-state index in [-0.39, 0.29) is 5.69 Å². The van der Waals surface area contributed by atoms with Crippen molar-refractivity contribution in [1.29, 1.82) is 0 Å². The van der Waals surface area contributed by atoms with Crippen LogP contribution in [-0.2, 0) is 5.60 Å². The lowest BCUT2D eigenvalue weighted by Crippen LogP contribution is -2.34. The molecule has 0 unspecified atom stereocenters. The summed E-state index contributed by atoms with van der Waals surface area (Å²) in [7, 11) is 0. The van der Waals surface area contributed by atoms with Gasteiger partial charge in [-0.2, -0.15) is 0 Å². The van der Waals surface area contributed by atoms with Crippen molar-refractivity contribution in [2.24, 2.45) is 0 Å². The first-order valence-electron chi connectivity index (χ1n) is 11.1. The second-order valence-corrected chi connectivity index (χ2v) is 8.44. The predicted octanol–water partition coefficient (Wildman–Crippen LogP) is 7.30. The SMILES string of the molecule is Cc1cc(Nc2ccc([N+](=O)[O-])cc2)c(C)c2c1OC(c1ccccc1)(c1ccccc1)C=C2. The zero-order chi connectivity index (χ0) is 23.7. The quantitative estimate of drug-likeness (QED) is 0.257. The molecule has 1 N–H and O–H groups in total. The van der Waals surface area contributed by atoms with Gasteiger partial charge < -0.3 is 10.1 Å². The van der Waals surface area contributed by atoms with Gasteiger partial charge in [-0.15, -0.1) is 0 Å². The van der Waals surface area contributed by atoms with E-state index < -0.39 is 10.5 Å². The molecule has 0 saturated carbocycles. The Balaban J connectivity index is 1.56. The molecule has 0 radical (unpaired) electrons. The summed E-state index contributed by atoms with van der Waals surface area (Å²) in [6.45, 7) is 4.09. The van der Waals surface area contributed by atoms with Crippen molar-refractivity contribution in [3.8, 4) is 5.75 Å². The van der Waals surface area contributed by atoms with Gasteiger partial charge in [-0.05, 0) is 49.2 Å². The molecule has 1 aliphatic rings. The van der Waals surface area contributed by atoms with Crippen LogP contribution >= 0.6 is 0 Å². The van der Waals surface area contributed by atoms with Gasteiger partial charge >= 0.3 is 0 Å². The molecule has 0 aliphatic carbocycles. The molecule has 1 heterocycles. The largest absolute Gasteiger partial charge is 0.473 e. The van der Waals surface area contributed by atoms with Gasteiger partial charge in [0.05, 0.1) is 4.92 Å². The summed E-state index contributed by atoms with van der Waals surface area (Å²) in [5.41, 5.74) is 6.27. The van der Waals surface area contributed by atoms with Gasteiger partial charge in [-0.3, -0.25) is 10.1 Å². The van der Waals surface area contributed by atoms with E-state index in [1.807, 2.05) is 43.3 Å². The Morgan fingerprint density at radius 3 is 2.00 bits per heavy atom. The third kappa shape index (κ3) is 3.71. The van der Waals surface area contributed by atoms with Gasteiger partial charge in [0, 0.05) is 40.2 Å². The number of anilines is 2. The lowest BCUT2D eigenvalue weighted by Gasteiger charge is -2.37. The van der Waals surface area contributed by atoms with E-state index >= 15 is 0 Å². The molecule has 0 saturated heterocycles. The number of non-ortho nitro benzene ring substituents is 1. The molecule has 0 atom stereocenters. The van der Waals surface area contributed by atoms with Gasteiger partial charge in [0.1, 0.15) is 5.75 Å². The molecule has 5 nitrogen and oxygen atoms in total. The number of rotatable bonds is 5. The van der Waals surface area contributed by atoms with E-state index in [4.69, 9.17) is 4.74 Å². The van der Waals surface area contributed by atoms with Crippen LogP contribution < -0.4 is 10.1 Å².